The average Bonchev–Trinajstić information content (AvgIpc) is 3.05. The molecule has 0 aromatic heterocycles. The minimum Gasteiger partial charge on any atom is -0.0801 e. The molecule has 1 heteroatoms. The number of rotatable bonds is 4. The van der Waals surface area contributed by atoms with E-state index in [1.807, 2.05) is 0 Å². The lowest BCUT2D eigenvalue weighted by Gasteiger charge is -2.20. The molecule has 0 nitrogen and oxygen atoms in total. The molecule has 0 saturated carbocycles. The van der Waals surface area contributed by atoms with Crippen LogP contribution in [-0.4, -0.2) is 8.80 Å². The molecule has 4 rings (SSSR count). The van der Waals surface area contributed by atoms with Gasteiger partial charge in [-0.05, 0) is 37.0 Å². The summed E-state index contributed by atoms with van der Waals surface area (Å²) < 4.78 is 0. The molecule has 26 heavy (non-hydrogen) atoms. The van der Waals surface area contributed by atoms with Gasteiger partial charge in [0.05, 0.1) is 0 Å². The van der Waals surface area contributed by atoms with Crippen LogP contribution in [0, 0.1) is 6.92 Å². The van der Waals surface area contributed by atoms with Crippen molar-refractivity contribution in [3.63, 3.8) is 0 Å². The van der Waals surface area contributed by atoms with E-state index in [4.69, 9.17) is 0 Å². The molecule has 0 N–H and O–H groups in total. The quantitative estimate of drug-likeness (QED) is 0.598. The topological polar surface area (TPSA) is 0 Å². The van der Waals surface area contributed by atoms with E-state index in [1.54, 1.807) is 5.20 Å². The highest BCUT2D eigenvalue weighted by Crippen LogP contribution is 2.34. The molecule has 0 spiro atoms. The van der Waals surface area contributed by atoms with Crippen LogP contribution in [0.1, 0.15) is 24.5 Å². The van der Waals surface area contributed by atoms with Crippen LogP contribution in [0.2, 0.25) is 0 Å². The summed E-state index contributed by atoms with van der Waals surface area (Å²) in [7, 11) is -1.43. The van der Waals surface area contributed by atoms with Crippen LogP contribution in [0.15, 0.2) is 102 Å². The second-order valence-corrected chi connectivity index (χ2v) is 9.91. The number of hydrogen-bond acceptors (Lipinski definition) is 0. The van der Waals surface area contributed by atoms with Crippen molar-refractivity contribution in [3.05, 3.63) is 113 Å². The molecule has 0 unspecified atom stereocenters. The minimum atomic E-state index is -1.43. The van der Waals surface area contributed by atoms with Gasteiger partial charge in [-0.3, -0.25) is 0 Å². The summed E-state index contributed by atoms with van der Waals surface area (Å²) >= 11 is 0. The summed E-state index contributed by atoms with van der Waals surface area (Å²) in [6, 6.07) is 31.1. The van der Waals surface area contributed by atoms with Crippen molar-refractivity contribution in [2.75, 3.05) is 0 Å². The molecule has 0 fully saturated rings. The van der Waals surface area contributed by atoms with Gasteiger partial charge in [0.1, 0.15) is 8.80 Å². The van der Waals surface area contributed by atoms with Gasteiger partial charge in [-0.15, -0.1) is 0 Å². The average molecular weight is 353 g/mol. The molecule has 0 atom stereocenters. The van der Waals surface area contributed by atoms with Crippen molar-refractivity contribution in [3.8, 4) is 0 Å². The summed E-state index contributed by atoms with van der Waals surface area (Å²) in [6.07, 6.45) is 3.54. The Labute approximate surface area is 158 Å². The Balaban J connectivity index is 1.80. The van der Waals surface area contributed by atoms with E-state index >= 15 is 0 Å². The first-order valence-corrected chi connectivity index (χ1v) is 11.0. The van der Waals surface area contributed by atoms with Crippen LogP contribution >= 0.6 is 0 Å². The van der Waals surface area contributed by atoms with Crippen LogP contribution < -0.4 is 10.4 Å². The smallest absolute Gasteiger partial charge is 0.0801 e. The van der Waals surface area contributed by atoms with Crippen LogP contribution in [0.25, 0.3) is 5.57 Å². The maximum absolute atomic E-state index is 2.49. The molecule has 3 aromatic rings. The monoisotopic (exact) mass is 352 g/mol. The summed E-state index contributed by atoms with van der Waals surface area (Å²) in [4.78, 5) is 0. The maximum atomic E-state index is 2.49. The van der Waals surface area contributed by atoms with E-state index in [0.29, 0.717) is 0 Å². The normalized spacial score (nSPS) is 14.0. The van der Waals surface area contributed by atoms with Gasteiger partial charge in [0, 0.05) is 0 Å². The van der Waals surface area contributed by atoms with Crippen molar-refractivity contribution in [2.24, 2.45) is 0 Å². The van der Waals surface area contributed by atoms with E-state index in [0.717, 1.165) is 6.42 Å². The minimum absolute atomic E-state index is 1.05. The third-order valence-corrected chi connectivity index (χ3v) is 8.75. The molecular weight excluding hydrogens is 328 g/mol. The second-order valence-electron chi connectivity index (χ2n) is 7.09. The molecule has 1 aliphatic rings. The number of hydrogen-bond donors (Lipinski definition) is 0. The van der Waals surface area contributed by atoms with E-state index in [2.05, 4.69) is 105 Å². The van der Waals surface area contributed by atoms with Gasteiger partial charge in [-0.1, -0.05) is 112 Å². The molecule has 0 heterocycles. The molecule has 3 aromatic carbocycles. The Kier molecular flexibility index (Phi) is 4.72. The number of allylic oxidation sites excluding steroid dienone is 4. The summed E-state index contributed by atoms with van der Waals surface area (Å²) in [5.74, 6) is 0. The largest absolute Gasteiger partial charge is 0.132 e. The van der Waals surface area contributed by atoms with Gasteiger partial charge in [0.2, 0.25) is 0 Å². The third kappa shape index (κ3) is 3.23. The zero-order chi connectivity index (χ0) is 17.9. The van der Waals surface area contributed by atoms with E-state index in [9.17, 15) is 0 Å². The van der Waals surface area contributed by atoms with Crippen molar-refractivity contribution in [1.82, 2.24) is 0 Å². The maximum Gasteiger partial charge on any atom is 0.132 e. The van der Waals surface area contributed by atoms with E-state index in [1.165, 1.54) is 32.6 Å². The van der Waals surface area contributed by atoms with Crippen LogP contribution in [0.4, 0.5) is 0 Å². The molecular formula is C25H24Si. The number of benzene rings is 3. The van der Waals surface area contributed by atoms with E-state index in [-0.39, 0.29) is 0 Å². The molecule has 0 amide bonds. The fourth-order valence-electron chi connectivity index (χ4n) is 4.04. The zero-order valence-electron chi connectivity index (χ0n) is 15.4. The molecule has 0 aliphatic heterocycles. The van der Waals surface area contributed by atoms with Crippen molar-refractivity contribution < 1.29 is 0 Å². The lowest BCUT2D eigenvalue weighted by molar-refractivity contribution is 1.37. The second kappa shape index (κ2) is 7.31. The van der Waals surface area contributed by atoms with Gasteiger partial charge < -0.3 is 0 Å². The first kappa shape index (κ1) is 16.8. The van der Waals surface area contributed by atoms with Crippen molar-refractivity contribution in [2.45, 2.75) is 20.3 Å². The lowest BCUT2D eigenvalue weighted by Crippen LogP contribution is -2.44. The molecule has 0 bridgehead atoms. The fraction of sp³-hybridized carbons (Fsp3) is 0.120. The third-order valence-electron chi connectivity index (χ3n) is 5.36. The number of aryl methyl sites for hydroxylation is 1. The Morgan fingerprint density at radius 2 is 1.31 bits per heavy atom. The van der Waals surface area contributed by atoms with Gasteiger partial charge in [-0.25, -0.2) is 0 Å². The molecule has 1 aliphatic carbocycles. The van der Waals surface area contributed by atoms with Crippen LogP contribution in [0.5, 0.6) is 0 Å². The van der Waals surface area contributed by atoms with Gasteiger partial charge in [0.25, 0.3) is 0 Å². The van der Waals surface area contributed by atoms with Crippen LogP contribution in [-0.2, 0) is 0 Å². The molecule has 0 radical (unpaired) electrons. The zero-order valence-corrected chi connectivity index (χ0v) is 16.6. The highest BCUT2D eigenvalue weighted by Gasteiger charge is 2.26. The first-order chi connectivity index (χ1) is 12.7. The Bertz CT molecular complexity index is 926. The highest BCUT2D eigenvalue weighted by molar-refractivity contribution is 6.91. The molecule has 0 saturated heterocycles. The van der Waals surface area contributed by atoms with Crippen molar-refractivity contribution in [1.29, 1.82) is 0 Å². The summed E-state index contributed by atoms with van der Waals surface area (Å²) in [5.41, 5.74) is 5.69. The Morgan fingerprint density at radius 1 is 0.692 bits per heavy atom. The fourth-order valence-corrected chi connectivity index (χ4v) is 7.31. The van der Waals surface area contributed by atoms with Crippen molar-refractivity contribution >= 4 is 24.7 Å². The predicted octanol–water partition coefficient (Wildman–Crippen LogP) is 4.68. The lowest BCUT2D eigenvalue weighted by atomic mass is 10.0. The SMILES string of the molecule is CC1=C(c2cccc(C)c2)CC=C1[SiH](c1ccccc1)c1ccccc1. The predicted molar refractivity (Wildman–Crippen MR) is 116 cm³/mol. The highest BCUT2D eigenvalue weighted by atomic mass is 28.3. The van der Waals surface area contributed by atoms with E-state index < -0.39 is 8.80 Å². The molecule has 128 valence electrons. The van der Waals surface area contributed by atoms with Crippen LogP contribution in [0.3, 0.4) is 0 Å². The van der Waals surface area contributed by atoms with Gasteiger partial charge in [-0.2, -0.15) is 0 Å². The van der Waals surface area contributed by atoms with Gasteiger partial charge in [0.15, 0.2) is 0 Å². The Hall–Kier alpha value is -2.64. The summed E-state index contributed by atoms with van der Waals surface area (Å²) in [5, 5.41) is 4.57. The first-order valence-electron chi connectivity index (χ1n) is 9.31. The van der Waals surface area contributed by atoms with Gasteiger partial charge >= 0.3 is 0 Å². The summed E-state index contributed by atoms with van der Waals surface area (Å²) in [6.45, 7) is 4.50. The standard InChI is InChI=1S/C25H24Si/c1-19-10-9-11-21(18-19)24-16-17-25(20(24)2)26(22-12-5-3-6-13-22)23-14-7-4-8-15-23/h3-15,17-18,26H,16H2,1-2H3. The Morgan fingerprint density at radius 3 is 1.88 bits per heavy atom.